The Hall–Kier alpha value is -1.19. The number of hydrazine groups is 1. The van der Waals surface area contributed by atoms with Gasteiger partial charge in [0.15, 0.2) is 5.75 Å². The number of rotatable bonds is 4. The normalized spacial score (nSPS) is 18.3. The molecule has 1 aliphatic heterocycles. The van der Waals surface area contributed by atoms with E-state index < -0.39 is 0 Å². The van der Waals surface area contributed by atoms with E-state index in [9.17, 15) is 0 Å². The Balaban J connectivity index is 1.60. The number of benzene rings is 2. The lowest BCUT2D eigenvalue weighted by Crippen LogP contribution is -2.65. The number of anilines is 1. The molecule has 0 radical (unpaired) electrons. The highest BCUT2D eigenvalue weighted by atomic mass is 79.9. The molecule has 136 valence electrons. The van der Waals surface area contributed by atoms with Gasteiger partial charge < -0.3 is 10.2 Å². The van der Waals surface area contributed by atoms with E-state index >= 15 is 0 Å². The highest BCUT2D eigenvalue weighted by Gasteiger charge is 2.26. The van der Waals surface area contributed by atoms with Gasteiger partial charge in [0.05, 0.1) is 27.2 Å². The van der Waals surface area contributed by atoms with Gasteiger partial charge in [-0.05, 0) is 68.3 Å². The number of nitrogens with one attached hydrogen (secondary N) is 2. The van der Waals surface area contributed by atoms with E-state index in [1.54, 1.807) is 22.2 Å². The Labute approximate surface area is 176 Å². The predicted molar refractivity (Wildman–Crippen MR) is 109 cm³/mol. The van der Waals surface area contributed by atoms with Crippen molar-refractivity contribution in [2.45, 2.75) is 6.29 Å². The van der Waals surface area contributed by atoms with Crippen LogP contribution >= 0.6 is 47.8 Å². The molecular weight excluding hydrogens is 532 g/mol. The van der Waals surface area contributed by atoms with Crippen LogP contribution in [0.2, 0.25) is 0 Å². The fourth-order valence-corrected chi connectivity index (χ4v) is 4.76. The third-order valence-corrected chi connectivity index (χ3v) is 5.25. The van der Waals surface area contributed by atoms with Gasteiger partial charge >= 0.3 is 0 Å². The van der Waals surface area contributed by atoms with Crippen LogP contribution < -0.4 is 21.3 Å². The maximum absolute atomic E-state index is 8.86. The molecule has 3 rings (SSSR count). The van der Waals surface area contributed by atoms with E-state index in [0.717, 1.165) is 19.1 Å². The van der Waals surface area contributed by atoms with E-state index in [1.807, 2.05) is 24.3 Å². The molecule has 1 saturated heterocycles. The first-order chi connectivity index (χ1) is 12.5. The summed E-state index contributed by atoms with van der Waals surface area (Å²) in [4.78, 5) is 5.94. The molecule has 0 bridgehead atoms. The van der Waals surface area contributed by atoms with Crippen LogP contribution in [0.5, 0.6) is 5.75 Å². The molecule has 1 heterocycles. The second-order valence-corrected chi connectivity index (χ2v) is 8.15. The Morgan fingerprint density at radius 1 is 1.19 bits per heavy atom. The van der Waals surface area contributed by atoms with Gasteiger partial charge in [-0.1, -0.05) is 15.9 Å². The van der Waals surface area contributed by atoms with Crippen molar-refractivity contribution >= 4 is 53.5 Å². The van der Waals surface area contributed by atoms with Crippen molar-refractivity contribution in [3.8, 4) is 11.8 Å². The molecular formula is C16H15Br3N6O. The van der Waals surface area contributed by atoms with Gasteiger partial charge in [-0.3, -0.25) is 11.2 Å². The Kier molecular flexibility index (Phi) is 6.52. The standard InChI is InChI=1S/C16H15Br3N6O/c17-11-5-13(18)15(14(19)6-11)26-24-8-22-16(25(21)9-24)23-12-3-1-10(7-20)2-4-12/h1-6,16,22-23H,8-9,21H2. The lowest BCUT2D eigenvalue weighted by atomic mass is 10.2. The van der Waals surface area contributed by atoms with E-state index in [2.05, 4.69) is 64.5 Å². The molecule has 0 aromatic heterocycles. The van der Waals surface area contributed by atoms with Gasteiger partial charge in [-0.25, -0.2) is 0 Å². The van der Waals surface area contributed by atoms with E-state index in [4.69, 9.17) is 15.9 Å². The number of nitrogens with zero attached hydrogens (tertiary/aromatic N) is 3. The Bertz CT molecular complexity index is 803. The van der Waals surface area contributed by atoms with Crippen molar-refractivity contribution in [2.24, 2.45) is 5.84 Å². The lowest BCUT2D eigenvalue weighted by Gasteiger charge is -2.39. The average molecular weight is 547 g/mol. The topological polar surface area (TPSA) is 89.6 Å². The minimum Gasteiger partial charge on any atom is -0.401 e. The smallest absolute Gasteiger partial charge is 0.175 e. The van der Waals surface area contributed by atoms with Crippen LogP contribution in [0.1, 0.15) is 5.56 Å². The highest BCUT2D eigenvalue weighted by molar-refractivity contribution is 9.11. The van der Waals surface area contributed by atoms with E-state index in [1.165, 1.54) is 0 Å². The predicted octanol–water partition coefficient (Wildman–Crippen LogP) is 3.53. The molecule has 2 aromatic rings. The molecule has 26 heavy (non-hydrogen) atoms. The molecule has 0 aliphatic carbocycles. The monoisotopic (exact) mass is 544 g/mol. The first-order valence-corrected chi connectivity index (χ1v) is 9.93. The molecule has 7 nitrogen and oxygen atoms in total. The maximum Gasteiger partial charge on any atom is 0.175 e. The third kappa shape index (κ3) is 4.75. The van der Waals surface area contributed by atoms with Crippen molar-refractivity contribution in [3.05, 3.63) is 55.4 Å². The number of halogens is 3. The molecule has 10 heteroatoms. The van der Waals surface area contributed by atoms with Crippen molar-refractivity contribution < 1.29 is 4.84 Å². The number of hydrogen-bond acceptors (Lipinski definition) is 7. The molecule has 0 saturated carbocycles. The molecule has 1 aliphatic rings. The zero-order valence-electron chi connectivity index (χ0n) is 13.4. The van der Waals surface area contributed by atoms with E-state index in [0.29, 0.717) is 24.7 Å². The van der Waals surface area contributed by atoms with Crippen molar-refractivity contribution in [1.29, 1.82) is 5.26 Å². The van der Waals surface area contributed by atoms with Gasteiger partial charge in [-0.15, -0.1) is 5.06 Å². The van der Waals surface area contributed by atoms with Crippen molar-refractivity contribution in [3.63, 3.8) is 0 Å². The number of nitriles is 1. The average Bonchev–Trinajstić information content (AvgIpc) is 2.61. The lowest BCUT2D eigenvalue weighted by molar-refractivity contribution is -0.142. The summed E-state index contributed by atoms with van der Waals surface area (Å²) < 4.78 is 2.58. The Morgan fingerprint density at radius 3 is 2.42 bits per heavy atom. The van der Waals surface area contributed by atoms with Gasteiger partial charge in [0, 0.05) is 10.2 Å². The summed E-state index contributed by atoms with van der Waals surface area (Å²) in [5, 5.41) is 18.7. The minimum atomic E-state index is -0.264. The van der Waals surface area contributed by atoms with Crippen LogP contribution in [-0.4, -0.2) is 29.7 Å². The molecule has 4 N–H and O–H groups in total. The summed E-state index contributed by atoms with van der Waals surface area (Å²) in [5.41, 5.74) is 1.48. The van der Waals surface area contributed by atoms with Gasteiger partial charge in [-0.2, -0.15) is 10.3 Å². The molecule has 1 unspecified atom stereocenters. The zero-order valence-corrected chi connectivity index (χ0v) is 18.2. The van der Waals surface area contributed by atoms with Crippen LogP contribution in [0, 0.1) is 11.3 Å². The molecule has 0 spiro atoms. The molecule has 2 aromatic carbocycles. The summed E-state index contributed by atoms with van der Waals surface area (Å²) in [7, 11) is 0. The fourth-order valence-electron chi connectivity index (χ4n) is 2.36. The third-order valence-electron chi connectivity index (χ3n) is 3.61. The second-order valence-electron chi connectivity index (χ2n) is 5.53. The molecule has 1 fully saturated rings. The summed E-state index contributed by atoms with van der Waals surface area (Å²) in [6, 6.07) is 13.1. The zero-order chi connectivity index (χ0) is 18.7. The van der Waals surface area contributed by atoms with Crippen molar-refractivity contribution in [1.82, 2.24) is 15.4 Å². The van der Waals surface area contributed by atoms with Gasteiger partial charge in [0.1, 0.15) is 13.0 Å². The summed E-state index contributed by atoms with van der Waals surface area (Å²) in [5.74, 6) is 6.80. The van der Waals surface area contributed by atoms with Crippen LogP contribution in [0.25, 0.3) is 0 Å². The van der Waals surface area contributed by atoms with Crippen LogP contribution in [-0.2, 0) is 0 Å². The summed E-state index contributed by atoms with van der Waals surface area (Å²) >= 11 is 10.4. The number of hydrogen-bond donors (Lipinski definition) is 3. The van der Waals surface area contributed by atoms with Crippen LogP contribution in [0.3, 0.4) is 0 Å². The minimum absolute atomic E-state index is 0.264. The summed E-state index contributed by atoms with van der Waals surface area (Å²) in [6.45, 7) is 0.854. The number of hydroxylamine groups is 2. The largest absolute Gasteiger partial charge is 0.401 e. The van der Waals surface area contributed by atoms with E-state index in [-0.39, 0.29) is 6.29 Å². The first kappa shape index (κ1) is 19.6. The van der Waals surface area contributed by atoms with Crippen LogP contribution in [0.4, 0.5) is 5.69 Å². The first-order valence-electron chi connectivity index (χ1n) is 7.55. The van der Waals surface area contributed by atoms with Gasteiger partial charge in [0.2, 0.25) is 0 Å². The van der Waals surface area contributed by atoms with Crippen LogP contribution in [0.15, 0.2) is 49.8 Å². The molecule has 0 amide bonds. The quantitative estimate of drug-likeness (QED) is 0.506. The SMILES string of the molecule is N#Cc1ccc(NC2NCN(Oc3c(Br)cc(Br)cc3Br)CN2N)cc1. The Morgan fingerprint density at radius 2 is 1.85 bits per heavy atom. The summed E-state index contributed by atoms with van der Waals surface area (Å²) in [6.07, 6.45) is -0.264. The van der Waals surface area contributed by atoms with Gasteiger partial charge in [0.25, 0.3) is 0 Å². The fraction of sp³-hybridized carbons (Fsp3) is 0.188. The molecule has 1 atom stereocenters. The number of nitrogens with two attached hydrogens (primary N) is 1. The van der Waals surface area contributed by atoms with Crippen molar-refractivity contribution in [2.75, 3.05) is 18.7 Å². The maximum atomic E-state index is 8.86. The highest BCUT2D eigenvalue weighted by Crippen LogP contribution is 2.37. The second kappa shape index (κ2) is 8.67.